The van der Waals surface area contributed by atoms with Gasteiger partial charge in [0.2, 0.25) is 0 Å². The van der Waals surface area contributed by atoms with Crippen molar-refractivity contribution in [3.8, 4) is 17.2 Å². The van der Waals surface area contributed by atoms with Gasteiger partial charge in [-0.2, -0.15) is 0 Å². The summed E-state index contributed by atoms with van der Waals surface area (Å²) in [6, 6.07) is 16.3. The SMILES string of the molecule is CCNC(=NCc1nncn1-c1ccccc1)NC1CCN(c2cc(OC)cc(OC)c2)C1. The number of nitrogens with zero attached hydrogens (tertiary/aromatic N) is 5. The van der Waals surface area contributed by atoms with Crippen molar-refractivity contribution in [2.45, 2.75) is 25.9 Å². The van der Waals surface area contributed by atoms with Gasteiger partial charge in [-0.05, 0) is 25.5 Å². The molecular weight excluding hydrogens is 418 g/mol. The van der Waals surface area contributed by atoms with Gasteiger partial charge in [0.05, 0.1) is 14.2 Å². The Balaban J connectivity index is 1.42. The fourth-order valence-electron chi connectivity index (χ4n) is 3.92. The lowest BCUT2D eigenvalue weighted by Gasteiger charge is -2.21. The quantitative estimate of drug-likeness (QED) is 0.404. The number of hydrogen-bond donors (Lipinski definition) is 2. The van der Waals surface area contributed by atoms with Crippen LogP contribution < -0.4 is 25.0 Å². The third kappa shape index (κ3) is 5.54. The number of aromatic nitrogens is 3. The van der Waals surface area contributed by atoms with Crippen LogP contribution in [0.15, 0.2) is 59.9 Å². The predicted octanol–water partition coefficient (Wildman–Crippen LogP) is 2.62. The van der Waals surface area contributed by atoms with Crippen LogP contribution in [0.1, 0.15) is 19.2 Å². The number of guanidine groups is 1. The van der Waals surface area contributed by atoms with E-state index in [0.29, 0.717) is 6.54 Å². The first kappa shape index (κ1) is 22.4. The number of aliphatic imine (C=N–C) groups is 1. The van der Waals surface area contributed by atoms with Gasteiger partial charge in [-0.15, -0.1) is 10.2 Å². The van der Waals surface area contributed by atoms with Gasteiger partial charge in [0, 0.05) is 55.2 Å². The molecule has 9 nitrogen and oxygen atoms in total. The Labute approximate surface area is 194 Å². The molecule has 1 fully saturated rings. The molecule has 0 saturated carbocycles. The van der Waals surface area contributed by atoms with Gasteiger partial charge in [-0.3, -0.25) is 4.57 Å². The molecule has 1 aliphatic rings. The summed E-state index contributed by atoms with van der Waals surface area (Å²) >= 11 is 0. The molecule has 2 heterocycles. The molecule has 1 aromatic heterocycles. The van der Waals surface area contributed by atoms with E-state index in [1.807, 2.05) is 53.1 Å². The fraction of sp³-hybridized carbons (Fsp3) is 0.375. The molecule has 9 heteroatoms. The molecule has 3 aromatic rings. The molecular formula is C24H31N7O2. The van der Waals surface area contributed by atoms with Crippen LogP contribution in [-0.2, 0) is 6.54 Å². The third-order valence-corrected chi connectivity index (χ3v) is 5.61. The average molecular weight is 450 g/mol. The lowest BCUT2D eigenvalue weighted by Crippen LogP contribution is -2.44. The summed E-state index contributed by atoms with van der Waals surface area (Å²) in [5.41, 5.74) is 2.11. The van der Waals surface area contributed by atoms with Crippen molar-refractivity contribution >= 4 is 11.6 Å². The van der Waals surface area contributed by atoms with Crippen LogP contribution in [-0.4, -0.2) is 60.6 Å². The Hall–Kier alpha value is -3.75. The molecule has 33 heavy (non-hydrogen) atoms. The van der Waals surface area contributed by atoms with Crippen LogP contribution in [0.2, 0.25) is 0 Å². The summed E-state index contributed by atoms with van der Waals surface area (Å²) in [4.78, 5) is 7.10. The Morgan fingerprint density at radius 3 is 2.55 bits per heavy atom. The molecule has 2 aromatic carbocycles. The minimum Gasteiger partial charge on any atom is -0.497 e. The largest absolute Gasteiger partial charge is 0.497 e. The zero-order chi connectivity index (χ0) is 23.0. The second kappa shape index (κ2) is 10.7. The van der Waals surface area contributed by atoms with Gasteiger partial charge >= 0.3 is 0 Å². The summed E-state index contributed by atoms with van der Waals surface area (Å²) < 4.78 is 12.8. The van der Waals surface area contributed by atoms with E-state index in [9.17, 15) is 0 Å². The Kier molecular flexibility index (Phi) is 7.29. The van der Waals surface area contributed by atoms with E-state index in [1.165, 1.54) is 0 Å². The topological polar surface area (TPSA) is 88.8 Å². The van der Waals surface area contributed by atoms with Crippen LogP contribution in [0.5, 0.6) is 11.5 Å². The third-order valence-electron chi connectivity index (χ3n) is 5.61. The van der Waals surface area contributed by atoms with Crippen molar-refractivity contribution < 1.29 is 9.47 Å². The van der Waals surface area contributed by atoms with E-state index < -0.39 is 0 Å². The molecule has 0 bridgehead atoms. The van der Waals surface area contributed by atoms with E-state index in [1.54, 1.807) is 20.5 Å². The smallest absolute Gasteiger partial charge is 0.191 e. The van der Waals surface area contributed by atoms with Crippen molar-refractivity contribution in [3.63, 3.8) is 0 Å². The normalized spacial score (nSPS) is 16.0. The Morgan fingerprint density at radius 2 is 1.85 bits per heavy atom. The highest BCUT2D eigenvalue weighted by molar-refractivity contribution is 5.80. The molecule has 1 aliphatic heterocycles. The molecule has 174 valence electrons. The highest BCUT2D eigenvalue weighted by Gasteiger charge is 2.24. The number of nitrogens with one attached hydrogen (secondary N) is 2. The van der Waals surface area contributed by atoms with Crippen LogP contribution in [0.25, 0.3) is 5.69 Å². The standard InChI is InChI=1S/C24H31N7O2/c1-4-25-24(26-15-23-29-27-17-31(23)19-8-6-5-7-9-19)28-18-10-11-30(16-18)20-12-21(32-2)14-22(13-20)33-3/h5-9,12-14,17-18H,4,10-11,15-16H2,1-3H3,(H2,25,26,28). The number of hydrogen-bond acceptors (Lipinski definition) is 6. The molecule has 1 unspecified atom stereocenters. The van der Waals surface area contributed by atoms with Crippen LogP contribution in [0.4, 0.5) is 5.69 Å². The number of anilines is 1. The zero-order valence-electron chi connectivity index (χ0n) is 19.4. The predicted molar refractivity (Wildman–Crippen MR) is 129 cm³/mol. The minimum atomic E-state index is 0.270. The summed E-state index contributed by atoms with van der Waals surface area (Å²) in [5, 5.41) is 15.3. The first-order chi connectivity index (χ1) is 16.2. The van der Waals surface area contributed by atoms with E-state index in [2.05, 4.69) is 32.7 Å². The number of ether oxygens (including phenoxy) is 2. The van der Waals surface area contributed by atoms with Crippen molar-refractivity contribution in [2.24, 2.45) is 4.99 Å². The van der Waals surface area contributed by atoms with Gasteiger partial charge in [-0.25, -0.2) is 4.99 Å². The van der Waals surface area contributed by atoms with Gasteiger partial charge in [0.25, 0.3) is 0 Å². The maximum atomic E-state index is 5.42. The van der Waals surface area contributed by atoms with Crippen LogP contribution in [0, 0.1) is 0 Å². The summed E-state index contributed by atoms with van der Waals surface area (Å²) in [6.07, 6.45) is 2.72. The van der Waals surface area contributed by atoms with Gasteiger partial charge in [0.15, 0.2) is 11.8 Å². The van der Waals surface area contributed by atoms with Gasteiger partial charge < -0.3 is 25.0 Å². The van der Waals surface area contributed by atoms with E-state index >= 15 is 0 Å². The summed E-state index contributed by atoms with van der Waals surface area (Å²) in [7, 11) is 3.34. The molecule has 1 atom stereocenters. The fourth-order valence-corrected chi connectivity index (χ4v) is 3.92. The molecule has 1 saturated heterocycles. The molecule has 2 N–H and O–H groups in total. The minimum absolute atomic E-state index is 0.270. The molecule has 0 amide bonds. The first-order valence-corrected chi connectivity index (χ1v) is 11.2. The van der Waals surface area contributed by atoms with E-state index in [0.717, 1.165) is 60.7 Å². The molecule has 0 spiro atoms. The van der Waals surface area contributed by atoms with Gasteiger partial charge in [-0.1, -0.05) is 18.2 Å². The first-order valence-electron chi connectivity index (χ1n) is 11.2. The van der Waals surface area contributed by atoms with Crippen LogP contribution >= 0.6 is 0 Å². The number of rotatable bonds is 8. The zero-order valence-corrected chi connectivity index (χ0v) is 19.4. The highest BCUT2D eigenvalue weighted by atomic mass is 16.5. The second-order valence-electron chi connectivity index (χ2n) is 7.79. The summed E-state index contributed by atoms with van der Waals surface area (Å²) in [5.74, 6) is 3.14. The molecule has 0 aliphatic carbocycles. The highest BCUT2D eigenvalue weighted by Crippen LogP contribution is 2.30. The van der Waals surface area contributed by atoms with E-state index in [-0.39, 0.29) is 6.04 Å². The van der Waals surface area contributed by atoms with Crippen molar-refractivity contribution in [3.05, 3.63) is 60.7 Å². The summed E-state index contributed by atoms with van der Waals surface area (Å²) in [6.45, 7) is 5.07. The monoisotopic (exact) mass is 449 g/mol. The number of para-hydroxylation sites is 1. The average Bonchev–Trinajstić information content (AvgIpc) is 3.52. The molecule has 4 rings (SSSR count). The maximum absolute atomic E-state index is 5.42. The van der Waals surface area contributed by atoms with Gasteiger partial charge in [0.1, 0.15) is 24.4 Å². The molecule has 0 radical (unpaired) electrons. The van der Waals surface area contributed by atoms with Crippen molar-refractivity contribution in [1.82, 2.24) is 25.4 Å². The lowest BCUT2D eigenvalue weighted by molar-refractivity contribution is 0.394. The maximum Gasteiger partial charge on any atom is 0.191 e. The Bertz CT molecular complexity index is 1050. The second-order valence-corrected chi connectivity index (χ2v) is 7.79. The van der Waals surface area contributed by atoms with Crippen molar-refractivity contribution in [2.75, 3.05) is 38.8 Å². The Morgan fingerprint density at radius 1 is 1.09 bits per heavy atom. The lowest BCUT2D eigenvalue weighted by atomic mass is 10.2. The van der Waals surface area contributed by atoms with E-state index in [4.69, 9.17) is 14.5 Å². The number of benzene rings is 2. The number of methoxy groups -OCH3 is 2. The van der Waals surface area contributed by atoms with Crippen molar-refractivity contribution in [1.29, 1.82) is 0 Å². The van der Waals surface area contributed by atoms with Crippen LogP contribution in [0.3, 0.4) is 0 Å².